The quantitative estimate of drug-likeness (QED) is 0.459. The summed E-state index contributed by atoms with van der Waals surface area (Å²) >= 11 is 0. The van der Waals surface area contributed by atoms with Crippen LogP contribution in [0.15, 0.2) is 42.5 Å². The fourth-order valence-corrected chi connectivity index (χ4v) is 4.11. The molecular weight excluding hydrogens is 420 g/mol. The molecule has 1 aromatic heterocycles. The summed E-state index contributed by atoms with van der Waals surface area (Å²) in [7, 11) is 0. The molecule has 1 atom stereocenters. The Hall–Kier alpha value is -3.68. The molecular formula is C25H28N4O4. The summed E-state index contributed by atoms with van der Waals surface area (Å²) in [5, 5.41) is 13.1. The number of hydrogen-bond acceptors (Lipinski definition) is 5. The standard InChI is InChI=1S/C25H28N4O4/c1-16(18-11-10-17-6-2-3-7-19(17)14-18)27-22(30)15-33-23(31)12-13-26-25(32)24-20-8-4-5-9-21(20)28-29-24/h4-5,8-11,14,16H,2-3,6-7,12-13,15H2,1H3,(H,26,32)(H,27,30)(H,28,29). The molecule has 4 rings (SSSR count). The van der Waals surface area contributed by atoms with Gasteiger partial charge in [0.1, 0.15) is 0 Å². The molecule has 3 N–H and O–H groups in total. The molecule has 33 heavy (non-hydrogen) atoms. The number of nitrogens with zero attached hydrogens (tertiary/aromatic N) is 1. The lowest BCUT2D eigenvalue weighted by Gasteiger charge is -2.20. The topological polar surface area (TPSA) is 113 Å². The molecule has 0 bridgehead atoms. The molecule has 1 heterocycles. The number of ether oxygens (including phenoxy) is 1. The highest BCUT2D eigenvalue weighted by molar-refractivity contribution is 6.04. The van der Waals surface area contributed by atoms with Crippen molar-refractivity contribution in [3.8, 4) is 0 Å². The molecule has 0 aliphatic heterocycles. The van der Waals surface area contributed by atoms with Gasteiger partial charge < -0.3 is 15.4 Å². The van der Waals surface area contributed by atoms with Crippen LogP contribution in [0.25, 0.3) is 10.9 Å². The summed E-state index contributed by atoms with van der Waals surface area (Å²) in [5.41, 5.74) is 4.83. The van der Waals surface area contributed by atoms with Crippen molar-refractivity contribution in [2.24, 2.45) is 0 Å². The first-order valence-corrected chi connectivity index (χ1v) is 11.3. The van der Waals surface area contributed by atoms with Gasteiger partial charge in [0, 0.05) is 11.9 Å². The van der Waals surface area contributed by atoms with Crippen LogP contribution in [0.4, 0.5) is 0 Å². The molecule has 1 aliphatic rings. The molecule has 2 amide bonds. The Labute approximate surface area is 192 Å². The summed E-state index contributed by atoms with van der Waals surface area (Å²) in [4.78, 5) is 36.5. The van der Waals surface area contributed by atoms with Crippen molar-refractivity contribution in [1.82, 2.24) is 20.8 Å². The van der Waals surface area contributed by atoms with Crippen molar-refractivity contribution in [2.45, 2.75) is 45.1 Å². The highest BCUT2D eigenvalue weighted by Gasteiger charge is 2.16. The lowest BCUT2D eigenvalue weighted by Crippen LogP contribution is -2.32. The maximum absolute atomic E-state index is 12.3. The monoisotopic (exact) mass is 448 g/mol. The number of H-pyrrole nitrogens is 1. The van der Waals surface area contributed by atoms with Gasteiger partial charge in [-0.1, -0.05) is 36.4 Å². The minimum Gasteiger partial charge on any atom is -0.456 e. The predicted molar refractivity (Wildman–Crippen MR) is 124 cm³/mol. The second kappa shape index (κ2) is 10.3. The number of carbonyl (C=O) groups is 3. The third-order valence-corrected chi connectivity index (χ3v) is 5.91. The van der Waals surface area contributed by atoms with Crippen LogP contribution in [-0.2, 0) is 27.2 Å². The van der Waals surface area contributed by atoms with E-state index in [1.54, 1.807) is 6.07 Å². The zero-order chi connectivity index (χ0) is 23.2. The lowest BCUT2D eigenvalue weighted by molar-refractivity contribution is -0.148. The fraction of sp³-hybridized carbons (Fsp3) is 0.360. The van der Waals surface area contributed by atoms with Crippen LogP contribution in [0, 0.1) is 0 Å². The minimum atomic E-state index is -0.557. The number of carbonyl (C=O) groups excluding carboxylic acids is 3. The number of amides is 2. The van der Waals surface area contributed by atoms with Gasteiger partial charge in [-0.3, -0.25) is 19.5 Å². The predicted octanol–water partition coefficient (Wildman–Crippen LogP) is 2.98. The van der Waals surface area contributed by atoms with Gasteiger partial charge in [-0.15, -0.1) is 0 Å². The van der Waals surface area contributed by atoms with E-state index in [-0.39, 0.29) is 43.1 Å². The normalized spacial score (nSPS) is 13.7. The van der Waals surface area contributed by atoms with Gasteiger partial charge in [-0.2, -0.15) is 5.10 Å². The number of aromatic amines is 1. The third-order valence-electron chi connectivity index (χ3n) is 5.91. The highest BCUT2D eigenvalue weighted by atomic mass is 16.5. The Bertz CT molecular complexity index is 1170. The molecule has 172 valence electrons. The summed E-state index contributed by atoms with van der Waals surface area (Å²) < 4.78 is 5.05. The Balaban J connectivity index is 1.18. The van der Waals surface area contributed by atoms with E-state index >= 15 is 0 Å². The van der Waals surface area contributed by atoms with Gasteiger partial charge in [-0.25, -0.2) is 0 Å². The number of esters is 1. The molecule has 0 spiro atoms. The van der Waals surface area contributed by atoms with Crippen LogP contribution in [0.2, 0.25) is 0 Å². The number of nitrogens with one attached hydrogen (secondary N) is 3. The Kier molecular flexibility index (Phi) is 7.02. The average Bonchev–Trinajstić information content (AvgIpc) is 3.26. The summed E-state index contributed by atoms with van der Waals surface area (Å²) in [6.45, 7) is 1.65. The summed E-state index contributed by atoms with van der Waals surface area (Å²) in [5.74, 6) is -1.30. The van der Waals surface area contributed by atoms with Gasteiger partial charge in [0.05, 0.1) is 18.0 Å². The third kappa shape index (κ3) is 5.58. The van der Waals surface area contributed by atoms with Crippen LogP contribution in [0.5, 0.6) is 0 Å². The van der Waals surface area contributed by atoms with Gasteiger partial charge in [0.25, 0.3) is 11.8 Å². The minimum absolute atomic E-state index is 0.0399. The Morgan fingerprint density at radius 2 is 1.88 bits per heavy atom. The Morgan fingerprint density at radius 1 is 1.09 bits per heavy atom. The van der Waals surface area contributed by atoms with E-state index in [1.807, 2.05) is 31.2 Å². The molecule has 0 radical (unpaired) electrons. The number of hydrogen-bond donors (Lipinski definition) is 3. The number of fused-ring (bicyclic) bond motifs is 2. The van der Waals surface area contributed by atoms with Gasteiger partial charge in [0.2, 0.25) is 0 Å². The molecule has 8 heteroatoms. The second-order valence-electron chi connectivity index (χ2n) is 8.31. The van der Waals surface area contributed by atoms with Crippen molar-refractivity contribution in [2.75, 3.05) is 13.2 Å². The van der Waals surface area contributed by atoms with Crippen LogP contribution < -0.4 is 10.6 Å². The van der Waals surface area contributed by atoms with E-state index in [0.717, 1.165) is 23.9 Å². The van der Waals surface area contributed by atoms with Gasteiger partial charge >= 0.3 is 5.97 Å². The van der Waals surface area contributed by atoms with E-state index in [4.69, 9.17) is 4.74 Å². The summed E-state index contributed by atoms with van der Waals surface area (Å²) in [6, 6.07) is 13.5. The first-order valence-electron chi connectivity index (χ1n) is 11.3. The average molecular weight is 449 g/mol. The fourth-order valence-electron chi connectivity index (χ4n) is 4.11. The first-order chi connectivity index (χ1) is 16.0. The molecule has 3 aromatic rings. The molecule has 0 saturated heterocycles. The number of aryl methyl sites for hydroxylation is 2. The van der Waals surface area contributed by atoms with Gasteiger partial charge in [-0.05, 0) is 55.4 Å². The van der Waals surface area contributed by atoms with Crippen molar-refractivity contribution >= 4 is 28.7 Å². The zero-order valence-electron chi connectivity index (χ0n) is 18.6. The molecule has 1 aliphatic carbocycles. The summed E-state index contributed by atoms with van der Waals surface area (Å²) in [6.07, 6.45) is 4.58. The second-order valence-corrected chi connectivity index (χ2v) is 8.31. The van der Waals surface area contributed by atoms with Gasteiger partial charge in [0.15, 0.2) is 12.3 Å². The molecule has 2 aromatic carbocycles. The Morgan fingerprint density at radius 3 is 2.73 bits per heavy atom. The number of rotatable bonds is 8. The lowest BCUT2D eigenvalue weighted by atomic mass is 9.89. The molecule has 8 nitrogen and oxygen atoms in total. The molecule has 0 saturated carbocycles. The molecule has 0 fully saturated rings. The first kappa shape index (κ1) is 22.5. The van der Waals surface area contributed by atoms with Crippen molar-refractivity contribution in [3.05, 3.63) is 64.8 Å². The highest BCUT2D eigenvalue weighted by Crippen LogP contribution is 2.24. The van der Waals surface area contributed by atoms with Crippen LogP contribution >= 0.6 is 0 Å². The van der Waals surface area contributed by atoms with Crippen LogP contribution in [0.1, 0.15) is 59.4 Å². The number of aromatic nitrogens is 2. The van der Waals surface area contributed by atoms with Crippen LogP contribution in [0.3, 0.4) is 0 Å². The smallest absolute Gasteiger partial charge is 0.308 e. The number of para-hydroxylation sites is 1. The van der Waals surface area contributed by atoms with Crippen molar-refractivity contribution < 1.29 is 19.1 Å². The zero-order valence-corrected chi connectivity index (χ0v) is 18.6. The van der Waals surface area contributed by atoms with E-state index in [9.17, 15) is 14.4 Å². The number of benzene rings is 2. The van der Waals surface area contributed by atoms with E-state index in [0.29, 0.717) is 5.39 Å². The maximum Gasteiger partial charge on any atom is 0.308 e. The molecule has 1 unspecified atom stereocenters. The van der Waals surface area contributed by atoms with E-state index in [2.05, 4.69) is 33.0 Å². The van der Waals surface area contributed by atoms with Crippen molar-refractivity contribution in [1.29, 1.82) is 0 Å². The van der Waals surface area contributed by atoms with Crippen LogP contribution in [-0.4, -0.2) is 41.1 Å². The van der Waals surface area contributed by atoms with E-state index in [1.165, 1.54) is 24.0 Å². The van der Waals surface area contributed by atoms with E-state index < -0.39 is 5.97 Å². The maximum atomic E-state index is 12.3. The SMILES string of the molecule is CC(NC(=O)COC(=O)CCNC(=O)c1n[nH]c2ccccc12)c1ccc2c(c1)CCCC2. The van der Waals surface area contributed by atoms with Crippen molar-refractivity contribution in [3.63, 3.8) is 0 Å². The largest absolute Gasteiger partial charge is 0.456 e.